The molecule has 2 aromatic rings. The number of rotatable bonds is 8. The zero-order valence-electron chi connectivity index (χ0n) is 17.7. The molecule has 152 valence electrons. The van der Waals surface area contributed by atoms with Gasteiger partial charge in [0.15, 0.2) is 0 Å². The number of aliphatic hydroxyl groups is 1. The molecule has 0 bridgehead atoms. The Labute approximate surface area is 171 Å². The fourth-order valence-electron chi connectivity index (χ4n) is 2.54. The quantitative estimate of drug-likeness (QED) is 0.469. The maximum atomic E-state index is 8.73. The summed E-state index contributed by atoms with van der Waals surface area (Å²) in [6.07, 6.45) is 8.66. The van der Waals surface area contributed by atoms with Crippen molar-refractivity contribution in [2.75, 3.05) is 20.2 Å². The summed E-state index contributed by atoms with van der Waals surface area (Å²) in [7, 11) is 1.50. The van der Waals surface area contributed by atoms with Crippen molar-refractivity contribution in [1.82, 2.24) is 0 Å². The van der Waals surface area contributed by atoms with Gasteiger partial charge in [0.2, 0.25) is 0 Å². The molecule has 28 heavy (non-hydrogen) atoms. The number of aliphatic hydroxyl groups excluding tert-OH is 1. The van der Waals surface area contributed by atoms with Crippen molar-refractivity contribution in [3.8, 4) is 0 Å². The van der Waals surface area contributed by atoms with E-state index in [0.717, 1.165) is 31.4 Å². The van der Waals surface area contributed by atoms with Crippen LogP contribution in [0.1, 0.15) is 32.3 Å². The Kier molecular flexibility index (Phi) is 15.2. The number of nitrogens with two attached hydrogens (primary N) is 1. The largest absolute Gasteiger partial charge is 0.392 e. The molecular formula is C25H36N2O. The molecular weight excluding hydrogens is 344 g/mol. The summed E-state index contributed by atoms with van der Waals surface area (Å²) in [6.45, 7) is 12.6. The standard InChI is InChI=1S/C20H22O.C4H9N.CH5N/c1-16(8-5-6-15-21)17(2)13-14-19-11-7-10-18-9-3-4-12-20(18)19;1-3-4-5-2;1-2/h3-12,21H,2,13-15H2,1H3;2-4H2,1H3;2H2,1H3/b6-5-,16-8-;;. The van der Waals surface area contributed by atoms with Crippen LogP contribution in [0.5, 0.6) is 0 Å². The van der Waals surface area contributed by atoms with E-state index in [-0.39, 0.29) is 6.61 Å². The van der Waals surface area contributed by atoms with Gasteiger partial charge in [-0.3, -0.25) is 0 Å². The van der Waals surface area contributed by atoms with E-state index >= 15 is 0 Å². The van der Waals surface area contributed by atoms with E-state index in [1.165, 1.54) is 29.0 Å². The van der Waals surface area contributed by atoms with E-state index in [2.05, 4.69) is 80.3 Å². The van der Waals surface area contributed by atoms with Gasteiger partial charge in [-0.25, -0.2) is 0 Å². The van der Waals surface area contributed by atoms with Gasteiger partial charge in [-0.05, 0) is 61.9 Å². The van der Waals surface area contributed by atoms with E-state index in [9.17, 15) is 0 Å². The highest BCUT2D eigenvalue weighted by Gasteiger charge is 2.02. The third-order valence-electron chi connectivity index (χ3n) is 4.10. The lowest BCUT2D eigenvalue weighted by atomic mass is 9.96. The Bertz CT molecular complexity index is 755. The topological polar surface area (TPSA) is 58.6 Å². The van der Waals surface area contributed by atoms with E-state index in [1.54, 1.807) is 6.08 Å². The van der Waals surface area contributed by atoms with Gasteiger partial charge in [0.05, 0.1) is 6.61 Å². The Morgan fingerprint density at radius 2 is 1.82 bits per heavy atom. The van der Waals surface area contributed by atoms with Crippen molar-refractivity contribution in [2.24, 2.45) is 10.7 Å². The zero-order valence-corrected chi connectivity index (χ0v) is 17.7. The van der Waals surface area contributed by atoms with Crippen LogP contribution >= 0.6 is 0 Å². The summed E-state index contributed by atoms with van der Waals surface area (Å²) in [6, 6.07) is 15.0. The zero-order chi connectivity index (χ0) is 21.2. The van der Waals surface area contributed by atoms with Crippen LogP contribution in [0.25, 0.3) is 10.8 Å². The first-order chi connectivity index (χ1) is 13.6. The average molecular weight is 381 g/mol. The molecule has 2 aromatic carbocycles. The molecule has 0 saturated carbocycles. The van der Waals surface area contributed by atoms with Crippen LogP contribution in [0.2, 0.25) is 0 Å². The van der Waals surface area contributed by atoms with Gasteiger partial charge in [0.1, 0.15) is 0 Å². The minimum Gasteiger partial charge on any atom is -0.392 e. The summed E-state index contributed by atoms with van der Waals surface area (Å²) in [5.41, 5.74) is 8.18. The third kappa shape index (κ3) is 10.0. The third-order valence-corrected chi connectivity index (χ3v) is 4.10. The Balaban J connectivity index is 0.000000906. The first-order valence-corrected chi connectivity index (χ1v) is 9.73. The molecule has 0 aliphatic heterocycles. The SMILES string of the molecule is C=C(CCc1cccc2ccccc12)/C(C)=C\C=C/CO.C=NCCC.CN. The molecule has 0 aromatic heterocycles. The van der Waals surface area contributed by atoms with Gasteiger partial charge in [0, 0.05) is 6.54 Å². The van der Waals surface area contributed by atoms with Crippen molar-refractivity contribution >= 4 is 17.5 Å². The summed E-state index contributed by atoms with van der Waals surface area (Å²) in [5, 5.41) is 11.4. The van der Waals surface area contributed by atoms with Crippen molar-refractivity contribution in [1.29, 1.82) is 0 Å². The second-order valence-corrected chi connectivity index (χ2v) is 6.15. The summed E-state index contributed by atoms with van der Waals surface area (Å²) < 4.78 is 0. The molecule has 0 aliphatic carbocycles. The number of fused-ring (bicyclic) bond motifs is 1. The first kappa shape index (κ1) is 25.5. The van der Waals surface area contributed by atoms with Crippen LogP contribution < -0.4 is 5.73 Å². The smallest absolute Gasteiger partial charge is 0.0615 e. The van der Waals surface area contributed by atoms with E-state index in [4.69, 9.17) is 5.11 Å². The summed E-state index contributed by atoms with van der Waals surface area (Å²) in [4.78, 5) is 3.60. The van der Waals surface area contributed by atoms with Gasteiger partial charge < -0.3 is 15.8 Å². The number of benzene rings is 2. The van der Waals surface area contributed by atoms with Crippen molar-refractivity contribution in [3.63, 3.8) is 0 Å². The molecule has 3 heteroatoms. The molecule has 2 rings (SSSR count). The monoisotopic (exact) mass is 380 g/mol. The predicted molar refractivity (Wildman–Crippen MR) is 126 cm³/mol. The number of aryl methyl sites for hydroxylation is 1. The van der Waals surface area contributed by atoms with E-state index in [0.29, 0.717) is 0 Å². The van der Waals surface area contributed by atoms with Crippen LogP contribution in [0, 0.1) is 0 Å². The summed E-state index contributed by atoms with van der Waals surface area (Å²) >= 11 is 0. The van der Waals surface area contributed by atoms with Crippen LogP contribution in [-0.4, -0.2) is 32.0 Å². The fraction of sp³-hybridized carbons (Fsp3) is 0.320. The van der Waals surface area contributed by atoms with Crippen LogP contribution in [-0.2, 0) is 6.42 Å². The van der Waals surface area contributed by atoms with Gasteiger partial charge >= 0.3 is 0 Å². The maximum absolute atomic E-state index is 8.73. The van der Waals surface area contributed by atoms with Gasteiger partial charge in [0.25, 0.3) is 0 Å². The summed E-state index contributed by atoms with van der Waals surface area (Å²) in [5.74, 6) is 0. The lowest BCUT2D eigenvalue weighted by molar-refractivity contribution is 0.343. The Morgan fingerprint density at radius 3 is 2.43 bits per heavy atom. The lowest BCUT2D eigenvalue weighted by Gasteiger charge is -2.09. The molecule has 3 N–H and O–H groups in total. The molecule has 0 aliphatic rings. The van der Waals surface area contributed by atoms with Crippen LogP contribution in [0.3, 0.4) is 0 Å². The predicted octanol–water partition coefficient (Wildman–Crippen LogP) is 5.50. The highest BCUT2D eigenvalue weighted by molar-refractivity contribution is 5.85. The second kappa shape index (κ2) is 16.7. The molecule has 0 unspecified atom stereocenters. The number of nitrogens with zero attached hydrogens (tertiary/aromatic N) is 1. The Morgan fingerprint density at radius 1 is 1.14 bits per heavy atom. The number of allylic oxidation sites excluding steroid dienone is 4. The minimum absolute atomic E-state index is 0.0757. The highest BCUT2D eigenvalue weighted by Crippen LogP contribution is 2.22. The van der Waals surface area contributed by atoms with E-state index < -0.39 is 0 Å². The van der Waals surface area contributed by atoms with Gasteiger partial charge in [-0.15, -0.1) is 0 Å². The number of hydrogen-bond donors (Lipinski definition) is 2. The van der Waals surface area contributed by atoms with Crippen molar-refractivity contribution in [3.05, 3.63) is 84.0 Å². The molecule has 0 saturated heterocycles. The highest BCUT2D eigenvalue weighted by atomic mass is 16.2. The number of aliphatic imine (C=N–C) groups is 1. The fourth-order valence-corrected chi connectivity index (χ4v) is 2.54. The molecule has 3 nitrogen and oxygen atoms in total. The van der Waals surface area contributed by atoms with E-state index in [1.807, 2.05) is 12.2 Å². The van der Waals surface area contributed by atoms with Gasteiger partial charge in [-0.2, -0.15) is 0 Å². The van der Waals surface area contributed by atoms with Crippen molar-refractivity contribution in [2.45, 2.75) is 33.1 Å². The normalized spacial score (nSPS) is 10.7. The molecule has 0 radical (unpaired) electrons. The molecule has 0 atom stereocenters. The second-order valence-electron chi connectivity index (χ2n) is 6.15. The molecule has 0 fully saturated rings. The van der Waals surface area contributed by atoms with Crippen molar-refractivity contribution < 1.29 is 5.11 Å². The molecule has 0 heterocycles. The first-order valence-electron chi connectivity index (χ1n) is 9.73. The number of hydrogen-bond acceptors (Lipinski definition) is 3. The maximum Gasteiger partial charge on any atom is 0.0615 e. The Hall–Kier alpha value is -2.49. The average Bonchev–Trinajstić information content (AvgIpc) is 2.74. The lowest BCUT2D eigenvalue weighted by Crippen LogP contribution is -1.91. The minimum atomic E-state index is 0.0757. The molecule has 0 amide bonds. The molecule has 0 spiro atoms. The van der Waals surface area contributed by atoms with Crippen LogP contribution in [0.15, 0.2) is 83.4 Å². The van der Waals surface area contributed by atoms with Crippen LogP contribution in [0.4, 0.5) is 0 Å². The van der Waals surface area contributed by atoms with Gasteiger partial charge in [-0.1, -0.05) is 79.8 Å².